The van der Waals surface area contributed by atoms with E-state index in [2.05, 4.69) is 9.05 Å². The van der Waals surface area contributed by atoms with Crippen LogP contribution in [0.3, 0.4) is 0 Å². The summed E-state index contributed by atoms with van der Waals surface area (Å²) in [6, 6.07) is 3.27. The molecule has 1 rings (SSSR count). The number of rotatable bonds is 10. The minimum Gasteiger partial charge on any atom is -0.491 e. The Labute approximate surface area is 132 Å². The van der Waals surface area contributed by atoms with Gasteiger partial charge in [-0.15, -0.1) is 0 Å². The second-order valence-electron chi connectivity index (χ2n) is 4.34. The lowest BCUT2D eigenvalue weighted by Crippen LogP contribution is -2.09. The molecule has 0 aliphatic heterocycles. The lowest BCUT2D eigenvalue weighted by Gasteiger charge is -2.12. The molecule has 1 aromatic rings. The van der Waals surface area contributed by atoms with Crippen LogP contribution < -0.4 is 4.74 Å². The van der Waals surface area contributed by atoms with Gasteiger partial charge in [0, 0.05) is 0 Å². The van der Waals surface area contributed by atoms with Gasteiger partial charge in [-0.3, -0.25) is 9.05 Å². The fourth-order valence-electron chi connectivity index (χ4n) is 1.49. The molecule has 10 heteroatoms. The Bertz CT molecular complexity index is 581. The van der Waals surface area contributed by atoms with E-state index in [9.17, 15) is 19.0 Å². The van der Waals surface area contributed by atoms with Crippen molar-refractivity contribution in [1.29, 1.82) is 0 Å². The number of phosphoric acid groups is 1. The molecule has 0 aromatic heterocycles. The standard InChI is InChI=1S/C13H17O9P/c1-2-3-21-23(18,19)22-5-4-20-11-7-9(12(14)15)6-10(8-11)13(16)17/h6-8H,2-5H2,1H3,(H,14,15)(H,16,17)(H,18,19). The number of hydrogen-bond donors (Lipinski definition) is 3. The molecule has 3 N–H and O–H groups in total. The molecule has 0 amide bonds. The van der Waals surface area contributed by atoms with Gasteiger partial charge in [0.1, 0.15) is 12.4 Å². The third kappa shape index (κ3) is 6.79. The van der Waals surface area contributed by atoms with Gasteiger partial charge < -0.3 is 19.8 Å². The molecule has 1 unspecified atom stereocenters. The van der Waals surface area contributed by atoms with Crippen LogP contribution in [0.5, 0.6) is 5.75 Å². The number of benzene rings is 1. The third-order valence-electron chi connectivity index (χ3n) is 2.47. The first-order chi connectivity index (χ1) is 10.7. The maximum atomic E-state index is 11.4. The Hall–Kier alpha value is -1.93. The summed E-state index contributed by atoms with van der Waals surface area (Å²) < 4.78 is 25.8. The topological polar surface area (TPSA) is 140 Å². The SMILES string of the molecule is CCCOP(=O)(O)OCCOc1cc(C(=O)O)cc(C(=O)O)c1. The predicted octanol–water partition coefficient (Wildman–Crippen LogP) is 2.01. The van der Waals surface area contributed by atoms with Crippen molar-refractivity contribution in [3.63, 3.8) is 0 Å². The summed E-state index contributed by atoms with van der Waals surface area (Å²) in [7, 11) is -4.15. The van der Waals surface area contributed by atoms with E-state index in [1.165, 1.54) is 0 Å². The maximum Gasteiger partial charge on any atom is 0.472 e. The van der Waals surface area contributed by atoms with Gasteiger partial charge in [0.2, 0.25) is 0 Å². The van der Waals surface area contributed by atoms with Crippen molar-refractivity contribution in [3.8, 4) is 5.75 Å². The smallest absolute Gasteiger partial charge is 0.472 e. The number of aromatic carboxylic acids is 2. The molecule has 23 heavy (non-hydrogen) atoms. The van der Waals surface area contributed by atoms with Crippen molar-refractivity contribution >= 4 is 19.8 Å². The van der Waals surface area contributed by atoms with Gasteiger partial charge >= 0.3 is 19.8 Å². The Morgan fingerprint density at radius 3 is 2.00 bits per heavy atom. The highest BCUT2D eigenvalue weighted by atomic mass is 31.2. The van der Waals surface area contributed by atoms with Crippen molar-refractivity contribution in [2.24, 2.45) is 0 Å². The molecule has 0 spiro atoms. The van der Waals surface area contributed by atoms with Gasteiger partial charge in [-0.05, 0) is 24.6 Å². The molecule has 0 saturated carbocycles. The fraction of sp³-hybridized carbons (Fsp3) is 0.385. The molecule has 0 aliphatic rings. The summed E-state index contributed by atoms with van der Waals surface area (Å²) in [5.74, 6) is -2.61. The largest absolute Gasteiger partial charge is 0.491 e. The molecule has 0 heterocycles. The van der Waals surface area contributed by atoms with Gasteiger partial charge in [0.15, 0.2) is 0 Å². The monoisotopic (exact) mass is 348 g/mol. The summed E-state index contributed by atoms with van der Waals surface area (Å²) in [4.78, 5) is 31.1. The number of carbonyl (C=O) groups is 2. The number of carboxylic acid groups (broad SMARTS) is 2. The maximum absolute atomic E-state index is 11.4. The first kappa shape index (κ1) is 19.1. The van der Waals surface area contributed by atoms with E-state index in [0.717, 1.165) is 18.2 Å². The van der Waals surface area contributed by atoms with Gasteiger partial charge in [-0.2, -0.15) is 0 Å². The number of hydrogen-bond acceptors (Lipinski definition) is 6. The van der Waals surface area contributed by atoms with E-state index in [1.807, 2.05) is 0 Å². The predicted molar refractivity (Wildman–Crippen MR) is 77.9 cm³/mol. The minimum atomic E-state index is -4.15. The summed E-state index contributed by atoms with van der Waals surface area (Å²) in [6.45, 7) is 1.34. The first-order valence-electron chi connectivity index (χ1n) is 6.61. The molecular weight excluding hydrogens is 331 g/mol. The lowest BCUT2D eigenvalue weighted by molar-refractivity contribution is 0.0696. The van der Waals surface area contributed by atoms with Crippen LogP contribution in [0.25, 0.3) is 0 Å². The zero-order chi connectivity index (χ0) is 17.5. The van der Waals surface area contributed by atoms with E-state index >= 15 is 0 Å². The Morgan fingerprint density at radius 1 is 1.00 bits per heavy atom. The molecule has 0 saturated heterocycles. The summed E-state index contributed by atoms with van der Waals surface area (Å²) in [5, 5.41) is 17.8. The molecule has 0 aliphatic carbocycles. The van der Waals surface area contributed by atoms with Crippen LogP contribution in [-0.4, -0.2) is 46.9 Å². The Balaban J connectivity index is 2.62. The van der Waals surface area contributed by atoms with Gasteiger partial charge in [-0.1, -0.05) is 6.92 Å². The van der Waals surface area contributed by atoms with Crippen molar-refractivity contribution in [3.05, 3.63) is 29.3 Å². The second-order valence-corrected chi connectivity index (χ2v) is 5.79. The highest BCUT2D eigenvalue weighted by Crippen LogP contribution is 2.42. The third-order valence-corrected chi connectivity index (χ3v) is 3.48. The Kier molecular flexibility index (Phi) is 7.18. The van der Waals surface area contributed by atoms with E-state index in [1.54, 1.807) is 6.92 Å². The molecule has 0 fully saturated rings. The number of phosphoric ester groups is 1. The normalized spacial score (nSPS) is 13.3. The van der Waals surface area contributed by atoms with Crippen molar-refractivity contribution < 1.29 is 43.0 Å². The summed E-state index contributed by atoms with van der Waals surface area (Å²) >= 11 is 0. The fourth-order valence-corrected chi connectivity index (χ4v) is 2.28. The van der Waals surface area contributed by atoms with E-state index in [-0.39, 0.29) is 36.7 Å². The van der Waals surface area contributed by atoms with Crippen molar-refractivity contribution in [2.75, 3.05) is 19.8 Å². The van der Waals surface area contributed by atoms with Gasteiger partial charge in [-0.25, -0.2) is 14.2 Å². The van der Waals surface area contributed by atoms with Crippen LogP contribution in [0, 0.1) is 0 Å². The highest BCUT2D eigenvalue weighted by Gasteiger charge is 2.20. The second kappa shape index (κ2) is 8.64. The van der Waals surface area contributed by atoms with Crippen LogP contribution in [0.4, 0.5) is 0 Å². The van der Waals surface area contributed by atoms with E-state index in [4.69, 9.17) is 14.9 Å². The van der Waals surface area contributed by atoms with Crippen LogP contribution in [0.1, 0.15) is 34.1 Å². The van der Waals surface area contributed by atoms with Crippen molar-refractivity contribution in [2.45, 2.75) is 13.3 Å². The Morgan fingerprint density at radius 2 is 1.52 bits per heavy atom. The average molecular weight is 348 g/mol. The molecule has 0 bridgehead atoms. The van der Waals surface area contributed by atoms with Crippen molar-refractivity contribution in [1.82, 2.24) is 0 Å². The van der Waals surface area contributed by atoms with E-state index < -0.39 is 19.8 Å². The molecule has 0 radical (unpaired) electrons. The molecule has 128 valence electrons. The molecule has 9 nitrogen and oxygen atoms in total. The van der Waals surface area contributed by atoms with Gasteiger partial charge in [0.05, 0.1) is 24.3 Å². The van der Waals surface area contributed by atoms with Crippen LogP contribution in [0.15, 0.2) is 18.2 Å². The number of carboxylic acids is 2. The van der Waals surface area contributed by atoms with Crippen LogP contribution in [0.2, 0.25) is 0 Å². The first-order valence-corrected chi connectivity index (χ1v) is 8.11. The zero-order valence-corrected chi connectivity index (χ0v) is 13.2. The van der Waals surface area contributed by atoms with Gasteiger partial charge in [0.25, 0.3) is 0 Å². The van der Waals surface area contributed by atoms with E-state index in [0.29, 0.717) is 6.42 Å². The molecule has 1 aromatic carbocycles. The lowest BCUT2D eigenvalue weighted by atomic mass is 10.1. The minimum absolute atomic E-state index is 0.00634. The summed E-state index contributed by atoms with van der Waals surface area (Å²) in [6.07, 6.45) is 0.546. The average Bonchev–Trinajstić information content (AvgIpc) is 2.49. The summed E-state index contributed by atoms with van der Waals surface area (Å²) in [5.41, 5.74) is -0.500. The quantitative estimate of drug-likeness (QED) is 0.428. The van der Waals surface area contributed by atoms with Crippen LogP contribution in [-0.2, 0) is 13.6 Å². The zero-order valence-electron chi connectivity index (χ0n) is 12.3. The molecular formula is C13H17O9P. The molecule has 1 atom stereocenters. The van der Waals surface area contributed by atoms with Crippen LogP contribution >= 0.6 is 7.82 Å². The highest BCUT2D eigenvalue weighted by molar-refractivity contribution is 7.47. The number of ether oxygens (including phenoxy) is 1.